The molecule has 0 spiro atoms. The van der Waals surface area contributed by atoms with E-state index in [4.69, 9.17) is 4.74 Å². The SMILES string of the molecule is COc1ccccc1S(=O)(=O)C[C@H]1Cc2ccc(Cn3cc(CO)c(C(F)(F)F)n3)cc2C1. The zero-order valence-corrected chi connectivity index (χ0v) is 18.7. The van der Waals surface area contributed by atoms with Crippen LogP contribution in [0.15, 0.2) is 53.6 Å². The number of fused-ring (bicyclic) bond motifs is 1. The molecule has 1 aliphatic rings. The predicted molar refractivity (Wildman–Crippen MR) is 115 cm³/mol. The van der Waals surface area contributed by atoms with Gasteiger partial charge in [0.1, 0.15) is 10.6 Å². The molecular weight excluding hydrogens is 457 g/mol. The fraction of sp³-hybridized carbons (Fsp3) is 0.348. The monoisotopic (exact) mass is 480 g/mol. The van der Waals surface area contributed by atoms with E-state index in [-0.39, 0.29) is 28.7 Å². The van der Waals surface area contributed by atoms with Crippen molar-refractivity contribution in [1.82, 2.24) is 9.78 Å². The first kappa shape index (κ1) is 23.3. The zero-order valence-electron chi connectivity index (χ0n) is 17.8. The van der Waals surface area contributed by atoms with Crippen LogP contribution in [0.5, 0.6) is 5.75 Å². The van der Waals surface area contributed by atoms with E-state index >= 15 is 0 Å². The molecule has 33 heavy (non-hydrogen) atoms. The number of hydrogen-bond donors (Lipinski definition) is 1. The molecule has 0 amide bonds. The quantitative estimate of drug-likeness (QED) is 0.559. The van der Waals surface area contributed by atoms with E-state index in [9.17, 15) is 26.7 Å². The van der Waals surface area contributed by atoms with Crippen LogP contribution in [0, 0.1) is 5.92 Å². The van der Waals surface area contributed by atoms with Gasteiger partial charge in [0, 0.05) is 11.8 Å². The number of methoxy groups -OCH3 is 1. The summed E-state index contributed by atoms with van der Waals surface area (Å²) in [5.41, 5.74) is 1.41. The van der Waals surface area contributed by atoms with Gasteiger partial charge in [-0.3, -0.25) is 4.68 Å². The minimum atomic E-state index is -4.64. The number of alkyl halides is 3. The summed E-state index contributed by atoms with van der Waals surface area (Å²) in [6, 6.07) is 12.1. The van der Waals surface area contributed by atoms with Gasteiger partial charge in [-0.25, -0.2) is 8.42 Å². The normalized spacial score (nSPS) is 16.1. The lowest BCUT2D eigenvalue weighted by Gasteiger charge is -2.12. The van der Waals surface area contributed by atoms with Crippen molar-refractivity contribution in [3.05, 3.63) is 76.6 Å². The average Bonchev–Trinajstić information content (AvgIpc) is 3.36. The van der Waals surface area contributed by atoms with Crippen molar-refractivity contribution in [3.63, 3.8) is 0 Å². The molecule has 1 atom stereocenters. The van der Waals surface area contributed by atoms with Crippen molar-refractivity contribution in [2.75, 3.05) is 12.9 Å². The maximum absolute atomic E-state index is 13.1. The molecule has 1 aromatic heterocycles. The van der Waals surface area contributed by atoms with Crippen molar-refractivity contribution in [2.24, 2.45) is 5.92 Å². The standard InChI is InChI=1S/C23H23F3N2O4S/c1-32-20-4-2-3-5-21(20)33(30,31)14-16-9-17-7-6-15(8-18(17)10-16)11-28-12-19(13-29)22(27-28)23(24,25)26/h2-8,12,16,29H,9-11,13-14H2,1H3/t16-/m0/s1. The number of sulfone groups is 1. The third-order valence-corrected chi connectivity index (χ3v) is 7.69. The zero-order chi connectivity index (χ0) is 23.8. The van der Waals surface area contributed by atoms with Crippen LogP contribution in [0.1, 0.15) is 27.9 Å². The Morgan fingerprint density at radius 3 is 2.55 bits per heavy atom. The molecule has 0 saturated heterocycles. The molecule has 3 aromatic rings. The van der Waals surface area contributed by atoms with E-state index in [1.165, 1.54) is 19.4 Å². The Balaban J connectivity index is 1.49. The van der Waals surface area contributed by atoms with Crippen molar-refractivity contribution >= 4 is 9.84 Å². The first-order valence-corrected chi connectivity index (χ1v) is 12.0. The van der Waals surface area contributed by atoms with Crippen molar-refractivity contribution in [1.29, 1.82) is 0 Å². The summed E-state index contributed by atoms with van der Waals surface area (Å²) in [5.74, 6) is 0.188. The summed E-state index contributed by atoms with van der Waals surface area (Å²) in [6.07, 6.45) is -2.27. The first-order chi connectivity index (χ1) is 15.6. The van der Waals surface area contributed by atoms with Gasteiger partial charge in [0.15, 0.2) is 15.5 Å². The highest BCUT2D eigenvalue weighted by molar-refractivity contribution is 7.91. The molecule has 1 N–H and O–H groups in total. The van der Waals surface area contributed by atoms with E-state index in [1.54, 1.807) is 18.2 Å². The highest BCUT2D eigenvalue weighted by Gasteiger charge is 2.37. The second-order valence-corrected chi connectivity index (χ2v) is 10.2. The number of para-hydroxylation sites is 1. The molecule has 2 aromatic carbocycles. The van der Waals surface area contributed by atoms with Gasteiger partial charge >= 0.3 is 6.18 Å². The molecule has 4 rings (SSSR count). The highest BCUT2D eigenvalue weighted by atomic mass is 32.2. The van der Waals surface area contributed by atoms with Crippen LogP contribution in [0.25, 0.3) is 0 Å². The van der Waals surface area contributed by atoms with Crippen LogP contribution in [0.3, 0.4) is 0 Å². The summed E-state index contributed by atoms with van der Waals surface area (Å²) < 4.78 is 71.5. The lowest BCUT2D eigenvalue weighted by atomic mass is 10.1. The molecule has 0 aliphatic heterocycles. The number of rotatable bonds is 7. The van der Waals surface area contributed by atoms with Gasteiger partial charge in [-0.2, -0.15) is 18.3 Å². The Morgan fingerprint density at radius 2 is 1.88 bits per heavy atom. The van der Waals surface area contributed by atoms with Crippen LogP contribution >= 0.6 is 0 Å². The number of aliphatic hydroxyl groups is 1. The lowest BCUT2D eigenvalue weighted by Crippen LogP contribution is -2.17. The average molecular weight is 481 g/mol. The van der Waals surface area contributed by atoms with Crippen molar-refractivity contribution in [2.45, 2.75) is 37.1 Å². The maximum atomic E-state index is 13.1. The number of halogens is 3. The van der Waals surface area contributed by atoms with Crippen LogP contribution in [-0.2, 0) is 42.0 Å². The minimum Gasteiger partial charge on any atom is -0.495 e. The van der Waals surface area contributed by atoms with E-state index in [0.29, 0.717) is 18.6 Å². The Morgan fingerprint density at radius 1 is 1.15 bits per heavy atom. The third kappa shape index (κ3) is 4.91. The number of nitrogens with zero attached hydrogens (tertiary/aromatic N) is 2. The van der Waals surface area contributed by atoms with Gasteiger partial charge in [-0.15, -0.1) is 0 Å². The number of ether oxygens (including phenoxy) is 1. The molecule has 0 fully saturated rings. The van der Waals surface area contributed by atoms with Gasteiger partial charge in [0.25, 0.3) is 0 Å². The molecule has 0 radical (unpaired) electrons. The van der Waals surface area contributed by atoms with Crippen molar-refractivity contribution < 1.29 is 31.4 Å². The predicted octanol–water partition coefficient (Wildman–Crippen LogP) is 3.64. The summed E-state index contributed by atoms with van der Waals surface area (Å²) in [7, 11) is -2.12. The van der Waals surface area contributed by atoms with Gasteiger partial charge < -0.3 is 9.84 Å². The van der Waals surface area contributed by atoms with Gasteiger partial charge in [-0.1, -0.05) is 30.3 Å². The van der Waals surface area contributed by atoms with E-state index in [2.05, 4.69) is 5.10 Å². The lowest BCUT2D eigenvalue weighted by molar-refractivity contribution is -0.142. The maximum Gasteiger partial charge on any atom is 0.435 e. The molecule has 0 saturated carbocycles. The first-order valence-electron chi connectivity index (χ1n) is 10.3. The molecule has 176 valence electrons. The fourth-order valence-corrected chi connectivity index (χ4v) is 6.12. The number of aromatic nitrogens is 2. The summed E-state index contributed by atoms with van der Waals surface area (Å²) in [4.78, 5) is 0.169. The molecule has 10 heteroatoms. The van der Waals surface area contributed by atoms with Crippen LogP contribution in [0.4, 0.5) is 13.2 Å². The Hall–Kier alpha value is -2.85. The largest absolute Gasteiger partial charge is 0.495 e. The number of hydrogen-bond acceptors (Lipinski definition) is 5. The van der Waals surface area contributed by atoms with E-state index in [0.717, 1.165) is 21.4 Å². The van der Waals surface area contributed by atoms with E-state index < -0.39 is 28.3 Å². The van der Waals surface area contributed by atoms with Crippen LogP contribution in [-0.4, -0.2) is 36.2 Å². The van der Waals surface area contributed by atoms with E-state index in [1.807, 2.05) is 18.2 Å². The smallest absolute Gasteiger partial charge is 0.435 e. The van der Waals surface area contributed by atoms with Gasteiger partial charge in [0.2, 0.25) is 0 Å². The highest BCUT2D eigenvalue weighted by Crippen LogP contribution is 2.33. The summed E-state index contributed by atoms with van der Waals surface area (Å²) >= 11 is 0. The van der Waals surface area contributed by atoms with Crippen molar-refractivity contribution in [3.8, 4) is 5.75 Å². The molecule has 0 bridgehead atoms. The second kappa shape index (κ2) is 8.83. The molecule has 0 unspecified atom stereocenters. The molecule has 1 aliphatic carbocycles. The third-order valence-electron chi connectivity index (χ3n) is 5.77. The Labute approximate surface area is 189 Å². The van der Waals surface area contributed by atoms with Crippen LogP contribution < -0.4 is 4.74 Å². The molecule has 1 heterocycles. The summed E-state index contributed by atoms with van der Waals surface area (Å²) in [5, 5.41) is 12.8. The summed E-state index contributed by atoms with van der Waals surface area (Å²) in [6.45, 7) is -0.637. The molecule has 6 nitrogen and oxygen atoms in total. The number of benzene rings is 2. The number of aliphatic hydroxyl groups excluding tert-OH is 1. The van der Waals surface area contributed by atoms with Crippen LogP contribution in [0.2, 0.25) is 0 Å². The fourth-order valence-electron chi connectivity index (χ4n) is 4.34. The Kier molecular flexibility index (Phi) is 6.24. The van der Waals surface area contributed by atoms with Gasteiger partial charge in [0.05, 0.1) is 26.0 Å². The minimum absolute atomic E-state index is 0.0225. The molecular formula is C23H23F3N2O4S. The second-order valence-electron chi connectivity index (χ2n) is 8.17. The topological polar surface area (TPSA) is 81.4 Å². The van der Waals surface area contributed by atoms with Gasteiger partial charge in [-0.05, 0) is 47.6 Å². The Bertz CT molecular complexity index is 1270.